The van der Waals surface area contributed by atoms with Crippen LogP contribution >= 0.6 is 11.6 Å². The smallest absolute Gasteiger partial charge is 0.225 e. The van der Waals surface area contributed by atoms with Crippen molar-refractivity contribution >= 4 is 27.4 Å². The van der Waals surface area contributed by atoms with E-state index in [2.05, 4.69) is 9.97 Å². The van der Waals surface area contributed by atoms with Crippen LogP contribution in [0.3, 0.4) is 0 Å². The molecule has 0 radical (unpaired) electrons. The molecule has 2 heterocycles. The van der Waals surface area contributed by atoms with Gasteiger partial charge in [-0.25, -0.2) is 18.4 Å². The van der Waals surface area contributed by atoms with Crippen LogP contribution in [-0.2, 0) is 9.84 Å². The molecule has 0 amide bonds. The van der Waals surface area contributed by atoms with Gasteiger partial charge in [-0.3, -0.25) is 0 Å². The van der Waals surface area contributed by atoms with Gasteiger partial charge in [-0.1, -0.05) is 11.6 Å². The minimum atomic E-state index is -3.07. The highest BCUT2D eigenvalue weighted by molar-refractivity contribution is 7.92. The lowest BCUT2D eigenvalue weighted by atomic mass is 10.1. The molecule has 1 aromatic rings. The first-order chi connectivity index (χ1) is 8.32. The first-order valence-corrected chi connectivity index (χ1v) is 7.80. The van der Waals surface area contributed by atoms with E-state index in [-0.39, 0.29) is 5.75 Å². The van der Waals surface area contributed by atoms with Crippen LogP contribution in [0.25, 0.3) is 0 Å². The van der Waals surface area contributed by atoms with Gasteiger partial charge in [-0.15, -0.1) is 0 Å². The fourth-order valence-corrected chi connectivity index (χ4v) is 3.36. The zero-order chi connectivity index (χ0) is 13.4. The van der Waals surface area contributed by atoms with E-state index in [0.29, 0.717) is 30.5 Å². The van der Waals surface area contributed by atoms with Gasteiger partial charge >= 0.3 is 0 Å². The summed E-state index contributed by atoms with van der Waals surface area (Å²) in [6.45, 7) is 4.60. The Morgan fingerprint density at radius 2 is 1.89 bits per heavy atom. The van der Waals surface area contributed by atoms with Gasteiger partial charge in [0.1, 0.15) is 0 Å². The molecular weight excluding hydrogens is 274 g/mol. The average Bonchev–Trinajstić information content (AvgIpc) is 2.39. The Morgan fingerprint density at radius 3 is 2.50 bits per heavy atom. The highest BCUT2D eigenvalue weighted by atomic mass is 35.5. The molecule has 1 saturated heterocycles. The second-order valence-corrected chi connectivity index (χ2v) is 8.20. The lowest BCUT2D eigenvalue weighted by Gasteiger charge is -2.22. The second-order valence-electron chi connectivity index (χ2n) is 5.02. The normalized spacial score (nSPS) is 22.5. The number of sulfone groups is 1. The predicted octanol–water partition coefficient (Wildman–Crippen LogP) is 1.53. The average molecular weight is 290 g/mol. The van der Waals surface area contributed by atoms with Crippen molar-refractivity contribution in [3.63, 3.8) is 0 Å². The number of halogens is 1. The maximum atomic E-state index is 12.1. The molecule has 5 nitrogen and oxygen atoms in total. The van der Waals surface area contributed by atoms with Gasteiger partial charge in [0.2, 0.25) is 5.95 Å². The molecule has 0 aromatic carbocycles. The topological polar surface area (TPSA) is 63.2 Å². The third-order valence-corrected chi connectivity index (χ3v) is 6.15. The first-order valence-electron chi connectivity index (χ1n) is 5.77. The lowest BCUT2D eigenvalue weighted by Crippen LogP contribution is -2.33. The van der Waals surface area contributed by atoms with E-state index in [1.54, 1.807) is 13.8 Å². The van der Waals surface area contributed by atoms with Crippen LogP contribution in [0.2, 0.25) is 5.02 Å². The van der Waals surface area contributed by atoms with Gasteiger partial charge in [0.15, 0.2) is 9.84 Å². The summed E-state index contributed by atoms with van der Waals surface area (Å²) in [7, 11) is -3.07. The van der Waals surface area contributed by atoms with E-state index < -0.39 is 14.6 Å². The fraction of sp³-hybridized carbons (Fsp3) is 0.636. The number of aromatic nitrogens is 2. The molecule has 0 bridgehead atoms. The predicted molar refractivity (Wildman–Crippen MR) is 71.7 cm³/mol. The Balaban J connectivity index is 2.22. The summed E-state index contributed by atoms with van der Waals surface area (Å²) in [6.07, 6.45) is 3.62. The maximum absolute atomic E-state index is 12.1. The molecule has 1 aliphatic rings. The Labute approximate surface area is 112 Å². The van der Waals surface area contributed by atoms with Crippen LogP contribution < -0.4 is 4.90 Å². The maximum Gasteiger partial charge on any atom is 0.225 e. The molecule has 1 fully saturated rings. The molecule has 0 atom stereocenters. The van der Waals surface area contributed by atoms with E-state index in [0.717, 1.165) is 0 Å². The third kappa shape index (κ3) is 2.59. The van der Waals surface area contributed by atoms with Crippen LogP contribution in [0.1, 0.15) is 20.3 Å². The van der Waals surface area contributed by atoms with Gasteiger partial charge in [-0.05, 0) is 20.3 Å². The van der Waals surface area contributed by atoms with Gasteiger partial charge in [0.25, 0.3) is 0 Å². The van der Waals surface area contributed by atoms with E-state index >= 15 is 0 Å². The van der Waals surface area contributed by atoms with Crippen LogP contribution in [0.4, 0.5) is 5.95 Å². The van der Waals surface area contributed by atoms with Crippen molar-refractivity contribution < 1.29 is 8.42 Å². The van der Waals surface area contributed by atoms with Crippen molar-refractivity contribution in [2.45, 2.75) is 25.0 Å². The number of nitrogens with zero attached hydrogens (tertiary/aromatic N) is 3. The summed E-state index contributed by atoms with van der Waals surface area (Å²) in [5, 5.41) is 0.474. The monoisotopic (exact) mass is 289 g/mol. The molecule has 0 aliphatic carbocycles. The van der Waals surface area contributed by atoms with Crippen LogP contribution in [0.15, 0.2) is 12.4 Å². The van der Waals surface area contributed by atoms with Crippen LogP contribution in [0, 0.1) is 0 Å². The van der Waals surface area contributed by atoms with Gasteiger partial charge < -0.3 is 4.90 Å². The lowest BCUT2D eigenvalue weighted by molar-refractivity contribution is 0.537. The van der Waals surface area contributed by atoms with Crippen molar-refractivity contribution in [2.24, 2.45) is 0 Å². The van der Waals surface area contributed by atoms with Crippen molar-refractivity contribution in [1.82, 2.24) is 9.97 Å². The SMILES string of the molecule is CC1(C)CCN(c2ncc(Cl)cn2)CCS1(=O)=O. The van der Waals surface area contributed by atoms with Crippen molar-refractivity contribution in [1.29, 1.82) is 0 Å². The van der Waals surface area contributed by atoms with Crippen molar-refractivity contribution in [3.05, 3.63) is 17.4 Å². The summed E-state index contributed by atoms with van der Waals surface area (Å²) in [6, 6.07) is 0. The molecule has 1 aliphatic heterocycles. The molecule has 18 heavy (non-hydrogen) atoms. The summed E-state index contributed by atoms with van der Waals surface area (Å²) >= 11 is 5.73. The van der Waals surface area contributed by atoms with Crippen molar-refractivity contribution in [2.75, 3.05) is 23.7 Å². The highest BCUT2D eigenvalue weighted by Crippen LogP contribution is 2.26. The van der Waals surface area contributed by atoms with E-state index in [1.807, 2.05) is 4.90 Å². The Kier molecular flexibility index (Phi) is 3.51. The minimum Gasteiger partial charge on any atom is -0.340 e. The number of hydrogen-bond donors (Lipinski definition) is 0. The van der Waals surface area contributed by atoms with E-state index in [9.17, 15) is 8.42 Å². The zero-order valence-corrected chi connectivity index (χ0v) is 12.0. The molecular formula is C11H16ClN3O2S. The zero-order valence-electron chi connectivity index (χ0n) is 10.4. The highest BCUT2D eigenvalue weighted by Gasteiger charge is 2.37. The Bertz CT molecular complexity index is 528. The van der Waals surface area contributed by atoms with Crippen LogP contribution in [-0.4, -0.2) is 42.0 Å². The van der Waals surface area contributed by atoms with Crippen LogP contribution in [0.5, 0.6) is 0 Å². The molecule has 0 spiro atoms. The first kappa shape index (κ1) is 13.5. The summed E-state index contributed by atoms with van der Waals surface area (Å²) in [4.78, 5) is 10.1. The number of rotatable bonds is 1. The van der Waals surface area contributed by atoms with Gasteiger partial charge in [-0.2, -0.15) is 0 Å². The summed E-state index contributed by atoms with van der Waals surface area (Å²) in [5.41, 5.74) is 0. The largest absolute Gasteiger partial charge is 0.340 e. The molecule has 7 heteroatoms. The molecule has 0 unspecified atom stereocenters. The van der Waals surface area contributed by atoms with E-state index in [4.69, 9.17) is 11.6 Å². The minimum absolute atomic E-state index is 0.131. The fourth-order valence-electron chi connectivity index (χ4n) is 1.85. The second kappa shape index (κ2) is 4.66. The number of anilines is 1. The van der Waals surface area contributed by atoms with Crippen molar-refractivity contribution in [3.8, 4) is 0 Å². The van der Waals surface area contributed by atoms with Gasteiger partial charge in [0.05, 0.1) is 27.9 Å². The Morgan fingerprint density at radius 1 is 1.28 bits per heavy atom. The summed E-state index contributed by atoms with van der Waals surface area (Å²) < 4.78 is 23.4. The molecule has 100 valence electrons. The summed E-state index contributed by atoms with van der Waals surface area (Å²) in [5.74, 6) is 0.665. The van der Waals surface area contributed by atoms with Gasteiger partial charge in [0, 0.05) is 13.1 Å². The quantitative estimate of drug-likeness (QED) is 0.784. The molecule has 0 N–H and O–H groups in total. The van der Waals surface area contributed by atoms with E-state index in [1.165, 1.54) is 12.4 Å². The standard InChI is InChI=1S/C11H16ClN3O2S/c1-11(2)3-4-15(5-6-18(11,16)17)10-13-7-9(12)8-14-10/h7-8H,3-6H2,1-2H3. The molecule has 1 aromatic heterocycles. The number of hydrogen-bond acceptors (Lipinski definition) is 5. The molecule has 2 rings (SSSR count). The molecule has 0 saturated carbocycles. The Hall–Kier alpha value is -0.880. The third-order valence-electron chi connectivity index (χ3n) is 3.35.